The monoisotopic (exact) mass is 880 g/mol. The normalized spacial score (nSPS) is 15.5. The van der Waals surface area contributed by atoms with E-state index in [0.717, 1.165) is 25.0 Å². The van der Waals surface area contributed by atoms with Gasteiger partial charge in [-0.2, -0.15) is 0 Å². The van der Waals surface area contributed by atoms with Crippen LogP contribution in [0.2, 0.25) is 5.28 Å². The summed E-state index contributed by atoms with van der Waals surface area (Å²) in [4.78, 5) is 42.9. The number of nitrogens with two attached hydrogens (primary N) is 1. The predicted octanol–water partition coefficient (Wildman–Crippen LogP) is 6.32. The molecule has 0 spiro atoms. The molecular weight excluding hydrogens is 844 g/mol. The topological polar surface area (TPSA) is 208 Å². The molecule has 3 aliphatic carbocycles. The first-order chi connectivity index (χ1) is 22.9. The highest BCUT2D eigenvalue weighted by Gasteiger charge is 2.22. The van der Waals surface area contributed by atoms with E-state index in [-0.39, 0.29) is 27.7 Å². The van der Waals surface area contributed by atoms with Crippen molar-refractivity contribution in [2.45, 2.75) is 62.0 Å². The van der Waals surface area contributed by atoms with Gasteiger partial charge in [0.15, 0.2) is 17.2 Å². The molecule has 0 bridgehead atoms. The van der Waals surface area contributed by atoms with Gasteiger partial charge < -0.3 is 25.4 Å². The maximum Gasteiger partial charge on any atom is 0.316 e. The lowest BCUT2D eigenvalue weighted by Crippen LogP contribution is -2.21. The molecule has 18 heteroatoms. The van der Waals surface area contributed by atoms with Crippen molar-refractivity contribution in [3.05, 3.63) is 42.5 Å². The second-order valence-electron chi connectivity index (χ2n) is 10.9. The van der Waals surface area contributed by atoms with Crippen LogP contribution in [0.15, 0.2) is 37.2 Å². The highest BCUT2D eigenvalue weighted by Crippen LogP contribution is 2.30. The molecule has 0 aliphatic heterocycles. The van der Waals surface area contributed by atoms with E-state index in [4.69, 9.17) is 37.0 Å². The summed E-state index contributed by atoms with van der Waals surface area (Å²) in [5.74, 6) is 3.45. The fourth-order valence-corrected chi connectivity index (χ4v) is 3.50. The standard InChI is InChI=1S/C11H14BrN3O2.C8H11N3O.C4H7Br.C4H3ClN2O.C3H5BrO2/c1-7(12)10(16)15-11-13-4-9(5-14-11)17-6-8-2-3-8;9-8-10-3-7(4-11-8)12-5-6-1-2-6;5-3-4-1-2-4;5-4-6-1-3(8)2-7-4;1-2(4)3(5)6/h4-5,7-8H,2-3,6H2,1H3,(H,13,14,15,16);3-4,6H,1-2,5H2,(H2,9,10,11);4H,1-3H2;1-2,8H;2H,1H3,(H,5,6). The summed E-state index contributed by atoms with van der Waals surface area (Å²) in [6.07, 6.45) is 16.8. The molecule has 48 heavy (non-hydrogen) atoms. The number of carbonyl (C=O) groups excluding carboxylic acids is 1. The molecule has 0 radical (unpaired) electrons. The van der Waals surface area contributed by atoms with E-state index in [0.29, 0.717) is 23.4 Å². The summed E-state index contributed by atoms with van der Waals surface area (Å²) < 4.78 is 10.9. The molecule has 264 valence electrons. The SMILES string of the molecule is BrCC1CC1.CC(Br)C(=O)Nc1ncc(OCC2CC2)cn1.CC(Br)C(=O)O.Nc1ncc(OCC2CC2)cn1.Oc1cnc(Cl)nc1. The molecule has 3 aliphatic rings. The highest BCUT2D eigenvalue weighted by molar-refractivity contribution is 9.10. The Hall–Kier alpha value is -2.89. The van der Waals surface area contributed by atoms with Crippen LogP contribution < -0.4 is 20.5 Å². The molecule has 0 saturated heterocycles. The molecule has 2 atom stereocenters. The number of anilines is 2. The Morgan fingerprint density at radius 1 is 0.833 bits per heavy atom. The van der Waals surface area contributed by atoms with E-state index < -0.39 is 10.8 Å². The number of carboxylic acid groups (broad SMARTS) is 1. The highest BCUT2D eigenvalue weighted by atomic mass is 79.9. The fraction of sp³-hybridized carbons (Fsp3) is 0.533. The Labute approximate surface area is 309 Å². The van der Waals surface area contributed by atoms with Gasteiger partial charge in [0, 0.05) is 5.33 Å². The van der Waals surface area contributed by atoms with E-state index >= 15 is 0 Å². The van der Waals surface area contributed by atoms with E-state index in [1.165, 1.54) is 56.2 Å². The maximum absolute atomic E-state index is 11.4. The molecule has 3 fully saturated rings. The first kappa shape index (κ1) is 41.3. The molecule has 6 rings (SSSR count). The van der Waals surface area contributed by atoms with Crippen LogP contribution in [0, 0.1) is 17.8 Å². The van der Waals surface area contributed by atoms with Gasteiger partial charge in [-0.25, -0.2) is 29.9 Å². The lowest BCUT2D eigenvalue weighted by molar-refractivity contribution is -0.135. The number of aromatic hydroxyl groups is 1. The maximum atomic E-state index is 11.4. The minimum atomic E-state index is -0.824. The Balaban J connectivity index is 0.000000225. The summed E-state index contributed by atoms with van der Waals surface area (Å²) in [7, 11) is 0. The van der Waals surface area contributed by atoms with Crippen molar-refractivity contribution in [2.75, 3.05) is 29.6 Å². The molecule has 14 nitrogen and oxygen atoms in total. The van der Waals surface area contributed by atoms with Crippen LogP contribution in [0.1, 0.15) is 52.4 Å². The Kier molecular flexibility index (Phi) is 19.5. The molecule has 3 saturated carbocycles. The van der Waals surface area contributed by atoms with Gasteiger partial charge in [0.2, 0.25) is 23.1 Å². The third-order valence-corrected chi connectivity index (χ3v) is 8.02. The second-order valence-corrected chi connectivity index (χ2v) is 14.6. The number of nitrogen functional groups attached to an aromatic ring is 1. The molecule has 5 N–H and O–H groups in total. The van der Waals surface area contributed by atoms with E-state index in [9.17, 15) is 9.59 Å². The number of hydrogen-bond acceptors (Lipinski definition) is 12. The lowest BCUT2D eigenvalue weighted by Gasteiger charge is -2.06. The number of carbonyl (C=O) groups is 2. The molecule has 2 unspecified atom stereocenters. The van der Waals surface area contributed by atoms with Gasteiger partial charge in [-0.3, -0.25) is 14.9 Å². The molecule has 1 amide bonds. The number of nitrogens with one attached hydrogen (secondary N) is 1. The number of ether oxygens (including phenoxy) is 2. The summed E-state index contributed by atoms with van der Waals surface area (Å²) >= 11 is 14.7. The van der Waals surface area contributed by atoms with Gasteiger partial charge in [-0.1, -0.05) is 47.8 Å². The lowest BCUT2D eigenvalue weighted by atomic mass is 10.4. The van der Waals surface area contributed by atoms with Crippen LogP contribution in [0.3, 0.4) is 0 Å². The third kappa shape index (κ3) is 21.2. The molecule has 0 aromatic carbocycles. The minimum absolute atomic E-state index is 0.0226. The molecule has 3 heterocycles. The van der Waals surface area contributed by atoms with Crippen LogP contribution in [0.5, 0.6) is 17.2 Å². The van der Waals surface area contributed by atoms with Crippen molar-refractivity contribution < 1.29 is 29.3 Å². The zero-order valence-corrected chi connectivity index (χ0v) is 32.0. The number of rotatable bonds is 10. The quantitative estimate of drug-likeness (QED) is 0.130. The van der Waals surface area contributed by atoms with Gasteiger partial charge in [0.25, 0.3) is 0 Å². The number of halogens is 4. The number of aliphatic carboxylic acids is 1. The third-order valence-electron chi connectivity index (χ3n) is 6.10. The van der Waals surface area contributed by atoms with Crippen LogP contribution in [-0.2, 0) is 9.59 Å². The smallest absolute Gasteiger partial charge is 0.316 e. The average molecular weight is 884 g/mol. The number of nitrogens with zero attached hydrogens (tertiary/aromatic N) is 6. The number of aromatic nitrogens is 6. The molecular formula is C30H40Br3ClN8O6. The van der Waals surface area contributed by atoms with Gasteiger partial charge in [-0.15, -0.1) is 0 Å². The minimum Gasteiger partial charge on any atom is -0.505 e. The van der Waals surface area contributed by atoms with Crippen LogP contribution in [0.4, 0.5) is 11.9 Å². The Morgan fingerprint density at radius 3 is 1.56 bits per heavy atom. The zero-order valence-electron chi connectivity index (χ0n) is 26.5. The summed E-state index contributed by atoms with van der Waals surface area (Å²) in [6.45, 7) is 4.81. The summed E-state index contributed by atoms with van der Waals surface area (Å²) in [6, 6.07) is 0. The zero-order chi connectivity index (χ0) is 35.5. The largest absolute Gasteiger partial charge is 0.505 e. The Bertz CT molecular complexity index is 1330. The van der Waals surface area contributed by atoms with Crippen molar-refractivity contribution >= 4 is 83.2 Å². The fourth-order valence-electron chi connectivity index (χ4n) is 2.64. The van der Waals surface area contributed by atoms with Gasteiger partial charge in [-0.05, 0) is 81.7 Å². The molecule has 3 aromatic rings. The van der Waals surface area contributed by atoms with E-state index in [2.05, 4.69) is 83.0 Å². The van der Waals surface area contributed by atoms with E-state index in [1.807, 2.05) is 0 Å². The summed E-state index contributed by atoms with van der Waals surface area (Å²) in [5.41, 5.74) is 5.32. The van der Waals surface area contributed by atoms with Gasteiger partial charge in [0.05, 0.1) is 55.2 Å². The van der Waals surface area contributed by atoms with Crippen molar-refractivity contribution in [1.82, 2.24) is 29.9 Å². The van der Waals surface area contributed by atoms with Crippen LogP contribution in [-0.4, -0.2) is 80.2 Å². The number of amides is 1. The predicted molar refractivity (Wildman–Crippen MR) is 193 cm³/mol. The molecule has 3 aromatic heterocycles. The number of hydrogen-bond donors (Lipinski definition) is 4. The summed E-state index contributed by atoms with van der Waals surface area (Å²) in [5, 5.41) is 20.5. The average Bonchev–Trinajstić information content (AvgIpc) is 3.92. The Morgan fingerprint density at radius 2 is 1.25 bits per heavy atom. The van der Waals surface area contributed by atoms with Crippen molar-refractivity contribution in [3.8, 4) is 17.2 Å². The second kappa shape index (κ2) is 22.7. The van der Waals surface area contributed by atoms with Crippen molar-refractivity contribution in [3.63, 3.8) is 0 Å². The first-order valence-electron chi connectivity index (χ1n) is 15.1. The van der Waals surface area contributed by atoms with Crippen LogP contribution >= 0.6 is 59.4 Å². The van der Waals surface area contributed by atoms with Crippen molar-refractivity contribution in [2.24, 2.45) is 17.8 Å². The first-order valence-corrected chi connectivity index (χ1v) is 18.4. The number of alkyl halides is 3. The van der Waals surface area contributed by atoms with E-state index in [1.54, 1.807) is 38.6 Å². The van der Waals surface area contributed by atoms with Crippen LogP contribution in [0.25, 0.3) is 0 Å². The van der Waals surface area contributed by atoms with Gasteiger partial charge in [0.1, 0.15) is 4.83 Å². The number of carboxylic acids is 1. The van der Waals surface area contributed by atoms with Crippen molar-refractivity contribution in [1.29, 1.82) is 0 Å². The van der Waals surface area contributed by atoms with Gasteiger partial charge >= 0.3 is 5.97 Å².